The predicted molar refractivity (Wildman–Crippen MR) is 102 cm³/mol. The quantitative estimate of drug-likeness (QED) is 0.607. The summed E-state index contributed by atoms with van der Waals surface area (Å²) in [6.07, 6.45) is 1.26. The van der Waals surface area contributed by atoms with Crippen molar-refractivity contribution in [2.45, 2.75) is 19.4 Å². The topological polar surface area (TPSA) is 85.5 Å². The molecule has 142 valence electrons. The Labute approximate surface area is 165 Å². The molecule has 1 amide bonds. The molecule has 0 N–H and O–H groups in total. The second-order valence-electron chi connectivity index (χ2n) is 6.25. The van der Waals surface area contributed by atoms with Crippen molar-refractivity contribution in [3.63, 3.8) is 0 Å². The minimum atomic E-state index is -0.554. The summed E-state index contributed by atoms with van der Waals surface area (Å²) in [6.45, 7) is 0.430. The maximum Gasteiger partial charge on any atom is 0.340 e. The van der Waals surface area contributed by atoms with Crippen LogP contribution in [-0.2, 0) is 16.1 Å². The largest absolute Gasteiger partial charge is 0.452 e. The van der Waals surface area contributed by atoms with E-state index in [1.54, 1.807) is 53.4 Å². The van der Waals surface area contributed by atoms with Crippen molar-refractivity contribution < 1.29 is 18.7 Å². The van der Waals surface area contributed by atoms with E-state index < -0.39 is 5.97 Å². The summed E-state index contributed by atoms with van der Waals surface area (Å²) in [6, 6.07) is 13.8. The van der Waals surface area contributed by atoms with Gasteiger partial charge in [-0.25, -0.2) is 4.79 Å². The van der Waals surface area contributed by atoms with Gasteiger partial charge in [-0.2, -0.15) is 0 Å². The Kier molecular flexibility index (Phi) is 5.08. The zero-order chi connectivity index (χ0) is 19.5. The van der Waals surface area contributed by atoms with Crippen LogP contribution in [0.25, 0.3) is 11.5 Å². The van der Waals surface area contributed by atoms with Gasteiger partial charge in [-0.3, -0.25) is 4.79 Å². The van der Waals surface area contributed by atoms with Crippen LogP contribution in [0.2, 0.25) is 5.02 Å². The molecule has 2 aromatic carbocycles. The van der Waals surface area contributed by atoms with E-state index in [4.69, 9.17) is 20.8 Å². The molecule has 8 heteroatoms. The Hall–Kier alpha value is -3.19. The van der Waals surface area contributed by atoms with Crippen LogP contribution in [0.15, 0.2) is 52.9 Å². The van der Waals surface area contributed by atoms with Gasteiger partial charge in [-0.15, -0.1) is 10.2 Å². The molecule has 28 heavy (non-hydrogen) atoms. The van der Waals surface area contributed by atoms with Crippen LogP contribution in [0, 0.1) is 0 Å². The number of amides is 1. The lowest BCUT2D eigenvalue weighted by molar-refractivity contribution is -0.117. The average Bonchev–Trinajstić information content (AvgIpc) is 3.36. The summed E-state index contributed by atoms with van der Waals surface area (Å²) in [5.74, 6) is -0.0647. The highest BCUT2D eigenvalue weighted by atomic mass is 35.5. The summed E-state index contributed by atoms with van der Waals surface area (Å²) < 4.78 is 10.9. The van der Waals surface area contributed by atoms with E-state index in [2.05, 4.69) is 10.2 Å². The zero-order valence-corrected chi connectivity index (χ0v) is 15.6. The molecule has 1 aromatic heterocycles. The summed E-state index contributed by atoms with van der Waals surface area (Å²) >= 11 is 5.87. The van der Waals surface area contributed by atoms with Gasteiger partial charge in [0.05, 0.1) is 11.3 Å². The fourth-order valence-corrected chi connectivity index (χ4v) is 3.14. The number of hydrogen-bond donors (Lipinski definition) is 0. The van der Waals surface area contributed by atoms with Crippen molar-refractivity contribution in [3.8, 4) is 11.5 Å². The Morgan fingerprint density at radius 2 is 1.93 bits per heavy atom. The number of hydrogen-bond acceptors (Lipinski definition) is 6. The van der Waals surface area contributed by atoms with Crippen LogP contribution in [0.4, 0.5) is 5.69 Å². The number of halogens is 1. The summed E-state index contributed by atoms with van der Waals surface area (Å²) in [7, 11) is 0. The summed E-state index contributed by atoms with van der Waals surface area (Å²) in [4.78, 5) is 26.2. The van der Waals surface area contributed by atoms with Gasteiger partial charge < -0.3 is 14.1 Å². The highest BCUT2D eigenvalue weighted by molar-refractivity contribution is 6.30. The molecular formula is C20H16ClN3O4. The molecule has 0 radical (unpaired) electrons. The standard InChI is InChI=1S/C20H16ClN3O4/c21-14-9-7-13(8-10-14)19-23-22-17(28-19)12-27-20(26)15-4-1-2-5-16(15)24-11-3-6-18(24)25/h1-2,4-5,7-10H,3,6,11-12H2. The first-order valence-corrected chi connectivity index (χ1v) is 9.14. The van der Waals surface area contributed by atoms with Crippen LogP contribution in [-0.4, -0.2) is 28.6 Å². The van der Waals surface area contributed by atoms with Crippen LogP contribution < -0.4 is 4.90 Å². The van der Waals surface area contributed by atoms with Gasteiger partial charge in [0.1, 0.15) is 0 Å². The van der Waals surface area contributed by atoms with Crippen molar-refractivity contribution in [2.24, 2.45) is 0 Å². The number of rotatable bonds is 5. The molecule has 0 unspecified atom stereocenters. The molecule has 0 saturated carbocycles. The van der Waals surface area contributed by atoms with Crippen LogP contribution in [0.5, 0.6) is 0 Å². The number of carbonyl (C=O) groups excluding carboxylic acids is 2. The minimum Gasteiger partial charge on any atom is -0.452 e. The van der Waals surface area contributed by atoms with Gasteiger partial charge in [0.2, 0.25) is 11.8 Å². The Morgan fingerprint density at radius 1 is 1.14 bits per heavy atom. The van der Waals surface area contributed by atoms with Gasteiger partial charge in [-0.1, -0.05) is 23.7 Å². The molecule has 2 heterocycles. The number of nitrogens with zero attached hydrogens (tertiary/aromatic N) is 3. The van der Waals surface area contributed by atoms with Gasteiger partial charge >= 0.3 is 5.97 Å². The van der Waals surface area contributed by atoms with Crippen molar-refractivity contribution in [3.05, 3.63) is 65.0 Å². The highest BCUT2D eigenvalue weighted by Crippen LogP contribution is 2.26. The molecule has 7 nitrogen and oxygen atoms in total. The molecule has 0 spiro atoms. The number of esters is 1. The van der Waals surface area contributed by atoms with E-state index in [0.29, 0.717) is 40.7 Å². The maximum atomic E-state index is 12.6. The molecule has 4 rings (SSSR count). The van der Waals surface area contributed by atoms with E-state index in [1.807, 2.05) is 0 Å². The van der Waals surface area contributed by atoms with Crippen molar-refractivity contribution in [1.29, 1.82) is 0 Å². The molecule has 1 saturated heterocycles. The lowest BCUT2D eigenvalue weighted by Crippen LogP contribution is -2.26. The number of para-hydroxylation sites is 1. The molecule has 0 aliphatic carbocycles. The van der Waals surface area contributed by atoms with E-state index in [9.17, 15) is 9.59 Å². The molecular weight excluding hydrogens is 382 g/mol. The highest BCUT2D eigenvalue weighted by Gasteiger charge is 2.26. The number of carbonyl (C=O) groups is 2. The smallest absolute Gasteiger partial charge is 0.340 e. The predicted octanol–water partition coefficient (Wildman–Crippen LogP) is 3.87. The molecule has 0 bridgehead atoms. The fraction of sp³-hybridized carbons (Fsp3) is 0.200. The third-order valence-corrected chi connectivity index (χ3v) is 4.62. The lowest BCUT2D eigenvalue weighted by Gasteiger charge is -2.18. The average molecular weight is 398 g/mol. The first kappa shape index (κ1) is 18.2. The SMILES string of the molecule is O=C(OCc1nnc(-c2ccc(Cl)cc2)o1)c1ccccc1N1CCCC1=O. The van der Waals surface area contributed by atoms with Crippen molar-refractivity contribution >= 4 is 29.2 Å². The number of ether oxygens (including phenoxy) is 1. The van der Waals surface area contributed by atoms with Gasteiger partial charge in [0.15, 0.2) is 6.61 Å². The first-order valence-electron chi connectivity index (χ1n) is 8.76. The van der Waals surface area contributed by atoms with Gasteiger partial charge in [0.25, 0.3) is 5.89 Å². The monoisotopic (exact) mass is 397 g/mol. The van der Waals surface area contributed by atoms with E-state index in [0.717, 1.165) is 6.42 Å². The minimum absolute atomic E-state index is 0.00441. The number of anilines is 1. The second-order valence-corrected chi connectivity index (χ2v) is 6.69. The van der Waals surface area contributed by atoms with Gasteiger partial charge in [-0.05, 0) is 42.8 Å². The third-order valence-electron chi connectivity index (χ3n) is 4.37. The van der Waals surface area contributed by atoms with E-state index in [1.165, 1.54) is 0 Å². The van der Waals surface area contributed by atoms with E-state index in [-0.39, 0.29) is 18.4 Å². The fourth-order valence-electron chi connectivity index (χ4n) is 3.01. The van der Waals surface area contributed by atoms with Crippen LogP contribution in [0.1, 0.15) is 29.1 Å². The Morgan fingerprint density at radius 3 is 2.68 bits per heavy atom. The van der Waals surface area contributed by atoms with Crippen LogP contribution >= 0.6 is 11.6 Å². The number of benzene rings is 2. The molecule has 0 atom stereocenters. The third kappa shape index (κ3) is 3.75. The molecule has 3 aromatic rings. The Bertz CT molecular complexity index is 1020. The second kappa shape index (κ2) is 7.82. The molecule has 1 aliphatic rings. The van der Waals surface area contributed by atoms with Crippen molar-refractivity contribution in [2.75, 3.05) is 11.4 Å². The lowest BCUT2D eigenvalue weighted by atomic mass is 10.1. The number of aromatic nitrogens is 2. The van der Waals surface area contributed by atoms with Crippen LogP contribution in [0.3, 0.4) is 0 Å². The first-order chi connectivity index (χ1) is 13.6. The normalized spacial score (nSPS) is 13.8. The molecule has 1 fully saturated rings. The molecule has 1 aliphatic heterocycles. The van der Waals surface area contributed by atoms with Gasteiger partial charge in [0, 0.05) is 23.6 Å². The van der Waals surface area contributed by atoms with E-state index >= 15 is 0 Å². The maximum absolute atomic E-state index is 12.6. The Balaban J connectivity index is 1.46. The zero-order valence-electron chi connectivity index (χ0n) is 14.8. The van der Waals surface area contributed by atoms with Crippen molar-refractivity contribution in [1.82, 2.24) is 10.2 Å². The summed E-state index contributed by atoms with van der Waals surface area (Å²) in [5, 5.41) is 8.46. The summed E-state index contributed by atoms with van der Waals surface area (Å²) in [5.41, 5.74) is 1.60.